The van der Waals surface area contributed by atoms with Crippen LogP contribution in [0, 0.1) is 0 Å². The summed E-state index contributed by atoms with van der Waals surface area (Å²) in [4.78, 5) is 24.9. The van der Waals surface area contributed by atoms with Crippen LogP contribution in [-0.4, -0.2) is 75.8 Å². The Morgan fingerprint density at radius 3 is 2.50 bits per heavy atom. The molecule has 0 radical (unpaired) electrons. The Labute approximate surface area is 219 Å². The maximum Gasteiger partial charge on any atom is 1.00 e. The van der Waals surface area contributed by atoms with Crippen molar-refractivity contribution in [2.75, 3.05) is 40.1 Å². The number of benzene rings is 1. The van der Waals surface area contributed by atoms with Crippen LogP contribution in [0.15, 0.2) is 18.2 Å². The van der Waals surface area contributed by atoms with Crippen LogP contribution in [0.5, 0.6) is 11.5 Å². The maximum atomic E-state index is 12.7. The van der Waals surface area contributed by atoms with Crippen LogP contribution in [-0.2, 0) is 21.4 Å². The summed E-state index contributed by atoms with van der Waals surface area (Å²) < 4.78 is 35.2. The number of methoxy groups -OCH3 is 2. The van der Waals surface area contributed by atoms with E-state index in [1.165, 1.54) is 18.5 Å². The van der Waals surface area contributed by atoms with Gasteiger partial charge < -0.3 is 29.6 Å². The van der Waals surface area contributed by atoms with Gasteiger partial charge >= 0.3 is 57.4 Å². The number of sulfonamides is 1. The molecule has 1 atom stereocenters. The number of carboxylic acids is 1. The van der Waals surface area contributed by atoms with Crippen molar-refractivity contribution < 1.29 is 84.0 Å². The van der Waals surface area contributed by atoms with E-state index in [1.54, 1.807) is 18.2 Å². The molecule has 2 rings (SSSR count). The van der Waals surface area contributed by atoms with Gasteiger partial charge in [-0.15, -0.1) is 0 Å². The molecule has 1 aliphatic heterocycles. The Morgan fingerprint density at radius 1 is 1.27 bits per heavy atom. The second-order valence-electron chi connectivity index (χ2n) is 6.83. The molecule has 12 heteroatoms. The van der Waals surface area contributed by atoms with Crippen molar-refractivity contribution in [3.05, 3.63) is 23.8 Å². The van der Waals surface area contributed by atoms with Gasteiger partial charge in [0.05, 0.1) is 33.0 Å². The van der Waals surface area contributed by atoms with E-state index in [9.17, 15) is 23.1 Å². The van der Waals surface area contributed by atoms with Gasteiger partial charge in [-0.1, -0.05) is 6.07 Å². The smallest absolute Gasteiger partial charge is 0.548 e. The topological polar surface area (TPSA) is 128 Å². The summed E-state index contributed by atoms with van der Waals surface area (Å²) in [5.74, 6) is -0.438. The monoisotopic (exact) mass is 467 g/mol. The number of carbonyl (C=O) groups is 2. The molecule has 162 valence electrons. The molecule has 1 aromatic carbocycles. The molecule has 1 unspecified atom stereocenters. The van der Waals surface area contributed by atoms with E-state index in [4.69, 9.17) is 9.47 Å². The van der Waals surface area contributed by atoms with Crippen LogP contribution in [0.3, 0.4) is 0 Å². The molecule has 0 saturated carbocycles. The fourth-order valence-corrected chi connectivity index (χ4v) is 4.09. The molecule has 2 amide bonds. The van der Waals surface area contributed by atoms with Crippen molar-refractivity contribution in [3.8, 4) is 11.5 Å². The third-order valence-corrected chi connectivity index (χ3v) is 5.88. The van der Waals surface area contributed by atoms with Gasteiger partial charge in [-0.05, 0) is 30.5 Å². The molecule has 1 saturated heterocycles. The fourth-order valence-electron chi connectivity index (χ4n) is 3.18. The summed E-state index contributed by atoms with van der Waals surface area (Å²) in [7, 11) is -0.385. The fraction of sp³-hybridized carbons (Fsp3) is 0.556. The molecular weight excluding hydrogens is 441 g/mol. The normalized spacial score (nSPS) is 16.8. The third-order valence-electron chi connectivity index (χ3n) is 4.61. The Hall–Kier alpha value is -0.894. The largest absolute Gasteiger partial charge is 1.00 e. The van der Waals surface area contributed by atoms with Crippen molar-refractivity contribution in [2.24, 2.45) is 0 Å². The second-order valence-corrected chi connectivity index (χ2v) is 8.81. The van der Waals surface area contributed by atoms with Crippen molar-refractivity contribution in [1.29, 1.82) is 0 Å². The number of hydrogen-bond acceptors (Lipinski definition) is 7. The van der Waals surface area contributed by atoms with E-state index in [1.807, 2.05) is 0 Å². The van der Waals surface area contributed by atoms with Gasteiger partial charge in [0.1, 0.15) is 0 Å². The minimum Gasteiger partial charge on any atom is -0.548 e. The standard InChI is InChI=1S/C18H27N3O7S.K/c1-27-15-7-6-13(9-16(15)28-2)10-20(12-17(22)23)18(24)19-14-5-4-8-21(11-14)29(3,25)26;/h6-7,9,14H,4-5,8,10-12H2,1-3H3,(H,19,24)(H,22,23);/q;+1/p-1. The number of carbonyl (C=O) groups excluding carboxylic acids is 2. The molecule has 0 bridgehead atoms. The summed E-state index contributed by atoms with van der Waals surface area (Å²) in [5.41, 5.74) is 0.639. The predicted octanol–water partition coefficient (Wildman–Crippen LogP) is -3.61. The van der Waals surface area contributed by atoms with Crippen LogP contribution in [0.2, 0.25) is 0 Å². The predicted molar refractivity (Wildman–Crippen MR) is 103 cm³/mol. The van der Waals surface area contributed by atoms with E-state index < -0.39 is 34.6 Å². The molecule has 1 N–H and O–H groups in total. The first-order chi connectivity index (χ1) is 13.6. The van der Waals surface area contributed by atoms with Crippen LogP contribution < -0.4 is 71.3 Å². The molecule has 0 aromatic heterocycles. The minimum atomic E-state index is -3.36. The molecule has 30 heavy (non-hydrogen) atoms. The summed E-state index contributed by atoms with van der Waals surface area (Å²) in [6.07, 6.45) is 2.33. The first-order valence-electron chi connectivity index (χ1n) is 9.05. The molecular formula is C18H26KN3O7S. The van der Waals surface area contributed by atoms with E-state index in [2.05, 4.69) is 5.32 Å². The molecule has 1 heterocycles. The summed E-state index contributed by atoms with van der Waals surface area (Å²) in [6.45, 7) is -0.0505. The van der Waals surface area contributed by atoms with Gasteiger partial charge in [-0.3, -0.25) is 0 Å². The van der Waals surface area contributed by atoms with E-state index in [0.29, 0.717) is 36.4 Å². The average Bonchev–Trinajstić information content (AvgIpc) is 2.66. The molecule has 0 aliphatic carbocycles. The van der Waals surface area contributed by atoms with Crippen LogP contribution in [0.25, 0.3) is 0 Å². The van der Waals surface area contributed by atoms with Crippen molar-refractivity contribution in [1.82, 2.24) is 14.5 Å². The number of urea groups is 1. The molecule has 0 spiro atoms. The van der Waals surface area contributed by atoms with Crippen molar-refractivity contribution in [3.63, 3.8) is 0 Å². The number of carboxylic acid groups (broad SMARTS) is 1. The Bertz CT molecular complexity index is 850. The third kappa shape index (κ3) is 7.98. The molecule has 1 aliphatic rings. The molecule has 1 fully saturated rings. The zero-order valence-corrected chi connectivity index (χ0v) is 21.7. The molecule has 1 aromatic rings. The van der Waals surface area contributed by atoms with Crippen LogP contribution in [0.4, 0.5) is 4.79 Å². The number of nitrogens with one attached hydrogen (secondary N) is 1. The maximum absolute atomic E-state index is 12.7. The summed E-state index contributed by atoms with van der Waals surface area (Å²) in [5, 5.41) is 13.9. The summed E-state index contributed by atoms with van der Waals surface area (Å²) >= 11 is 0. The summed E-state index contributed by atoms with van der Waals surface area (Å²) in [6, 6.07) is 4.00. The Morgan fingerprint density at radius 2 is 1.93 bits per heavy atom. The first kappa shape index (κ1) is 27.1. The van der Waals surface area contributed by atoms with E-state index >= 15 is 0 Å². The number of ether oxygens (including phenoxy) is 2. The number of hydrogen-bond donors (Lipinski definition) is 1. The number of amides is 2. The second kappa shape index (κ2) is 12.2. The van der Waals surface area contributed by atoms with Gasteiger partial charge in [0, 0.05) is 25.7 Å². The number of nitrogens with zero attached hydrogens (tertiary/aromatic N) is 2. The average molecular weight is 468 g/mol. The Kier molecular flexibility index (Phi) is 11.1. The van der Waals surface area contributed by atoms with Crippen LogP contribution >= 0.6 is 0 Å². The SMILES string of the molecule is COc1ccc(CN(CC(=O)[O-])C(=O)NC2CCCN(S(C)(=O)=O)C2)cc1OC.[K+]. The number of rotatable bonds is 8. The number of aliphatic carboxylic acids is 1. The van der Waals surface area contributed by atoms with Gasteiger partial charge in [0.15, 0.2) is 11.5 Å². The van der Waals surface area contributed by atoms with E-state index in [-0.39, 0.29) is 64.5 Å². The quantitative estimate of drug-likeness (QED) is 0.391. The Balaban J connectivity index is 0.00000450. The van der Waals surface area contributed by atoms with E-state index in [0.717, 1.165) is 11.2 Å². The van der Waals surface area contributed by atoms with Crippen molar-refractivity contribution in [2.45, 2.75) is 25.4 Å². The van der Waals surface area contributed by atoms with Gasteiger partial charge in [0.25, 0.3) is 0 Å². The van der Waals surface area contributed by atoms with Gasteiger partial charge in [0.2, 0.25) is 10.0 Å². The van der Waals surface area contributed by atoms with Crippen LogP contribution in [0.1, 0.15) is 18.4 Å². The number of piperidine rings is 1. The van der Waals surface area contributed by atoms with Gasteiger partial charge in [-0.25, -0.2) is 17.5 Å². The minimum absolute atomic E-state index is 0. The zero-order valence-electron chi connectivity index (χ0n) is 17.7. The molecule has 10 nitrogen and oxygen atoms in total. The zero-order chi connectivity index (χ0) is 21.6. The van der Waals surface area contributed by atoms with Gasteiger partial charge in [-0.2, -0.15) is 0 Å². The van der Waals surface area contributed by atoms with Crippen molar-refractivity contribution >= 4 is 22.0 Å². The first-order valence-corrected chi connectivity index (χ1v) is 10.9.